The highest BCUT2D eigenvalue weighted by Gasteiger charge is 2.22. The van der Waals surface area contributed by atoms with Crippen LogP contribution < -0.4 is 10.6 Å². The standard InChI is InChI=1S/C12H22N2O.ClH/c15-12(6-5-10-3-4-10)14-9-11-2-1-7-13-8-11;/h10-11,13H,1-9H2,(H,14,15);1H. The monoisotopic (exact) mass is 246 g/mol. The van der Waals surface area contributed by atoms with Gasteiger partial charge in [-0.1, -0.05) is 12.8 Å². The summed E-state index contributed by atoms with van der Waals surface area (Å²) in [5.41, 5.74) is 0. The molecular weight excluding hydrogens is 224 g/mol. The van der Waals surface area contributed by atoms with Crippen molar-refractivity contribution in [3.05, 3.63) is 0 Å². The van der Waals surface area contributed by atoms with Crippen LogP contribution in [0, 0.1) is 11.8 Å². The zero-order valence-electron chi connectivity index (χ0n) is 9.84. The van der Waals surface area contributed by atoms with E-state index in [0.29, 0.717) is 5.92 Å². The second-order valence-electron chi connectivity index (χ2n) is 5.00. The number of carbonyl (C=O) groups excluding carboxylic acids is 1. The third kappa shape index (κ3) is 5.17. The molecule has 1 unspecified atom stereocenters. The first kappa shape index (κ1) is 13.8. The average molecular weight is 247 g/mol. The van der Waals surface area contributed by atoms with Crippen LogP contribution in [-0.4, -0.2) is 25.5 Å². The molecule has 2 rings (SSSR count). The molecule has 0 aromatic carbocycles. The smallest absolute Gasteiger partial charge is 0.220 e. The molecule has 16 heavy (non-hydrogen) atoms. The van der Waals surface area contributed by atoms with Crippen LogP contribution in [0.15, 0.2) is 0 Å². The van der Waals surface area contributed by atoms with E-state index in [1.54, 1.807) is 0 Å². The van der Waals surface area contributed by atoms with Crippen LogP contribution in [0.1, 0.15) is 38.5 Å². The van der Waals surface area contributed by atoms with Gasteiger partial charge in [0.15, 0.2) is 0 Å². The third-order valence-electron chi connectivity index (χ3n) is 3.46. The molecule has 2 N–H and O–H groups in total. The Kier molecular flexibility index (Phi) is 6.14. The summed E-state index contributed by atoms with van der Waals surface area (Å²) < 4.78 is 0. The predicted octanol–water partition coefficient (Wildman–Crippen LogP) is 1.71. The quantitative estimate of drug-likeness (QED) is 0.776. The van der Waals surface area contributed by atoms with Gasteiger partial charge in [-0.3, -0.25) is 4.79 Å². The van der Waals surface area contributed by atoms with Crippen LogP contribution >= 0.6 is 12.4 Å². The number of amides is 1. The Morgan fingerprint density at radius 2 is 2.06 bits per heavy atom. The van der Waals surface area contributed by atoms with Crippen molar-refractivity contribution in [1.29, 1.82) is 0 Å². The molecule has 1 aliphatic heterocycles. The van der Waals surface area contributed by atoms with Gasteiger partial charge in [-0.15, -0.1) is 12.4 Å². The highest BCUT2D eigenvalue weighted by atomic mass is 35.5. The van der Waals surface area contributed by atoms with E-state index in [1.807, 2.05) is 0 Å². The maximum atomic E-state index is 11.5. The first-order chi connectivity index (χ1) is 7.34. The largest absolute Gasteiger partial charge is 0.356 e. The SMILES string of the molecule is Cl.O=C(CCC1CC1)NCC1CCCNC1. The van der Waals surface area contributed by atoms with Crippen molar-refractivity contribution < 1.29 is 4.79 Å². The van der Waals surface area contributed by atoms with E-state index < -0.39 is 0 Å². The molecular formula is C12H23ClN2O. The molecule has 0 aromatic rings. The molecule has 1 heterocycles. The molecule has 1 atom stereocenters. The Bertz CT molecular complexity index is 213. The van der Waals surface area contributed by atoms with Crippen LogP contribution in [-0.2, 0) is 4.79 Å². The number of piperidine rings is 1. The van der Waals surface area contributed by atoms with Crippen molar-refractivity contribution in [1.82, 2.24) is 10.6 Å². The second kappa shape index (κ2) is 7.13. The number of hydrogen-bond donors (Lipinski definition) is 2. The molecule has 94 valence electrons. The molecule has 0 aromatic heterocycles. The lowest BCUT2D eigenvalue weighted by Gasteiger charge is -2.22. The molecule has 1 saturated heterocycles. The van der Waals surface area contributed by atoms with Gasteiger partial charge >= 0.3 is 0 Å². The fourth-order valence-corrected chi connectivity index (χ4v) is 2.19. The van der Waals surface area contributed by atoms with E-state index in [0.717, 1.165) is 38.4 Å². The zero-order valence-corrected chi connectivity index (χ0v) is 10.7. The van der Waals surface area contributed by atoms with Crippen molar-refractivity contribution >= 4 is 18.3 Å². The molecule has 0 bridgehead atoms. The Labute approximate surface area is 104 Å². The van der Waals surface area contributed by atoms with Crippen LogP contribution in [0.25, 0.3) is 0 Å². The van der Waals surface area contributed by atoms with E-state index in [9.17, 15) is 4.79 Å². The van der Waals surface area contributed by atoms with Gasteiger partial charge in [-0.05, 0) is 44.2 Å². The third-order valence-corrected chi connectivity index (χ3v) is 3.46. The topological polar surface area (TPSA) is 41.1 Å². The van der Waals surface area contributed by atoms with E-state index in [-0.39, 0.29) is 18.3 Å². The van der Waals surface area contributed by atoms with E-state index in [2.05, 4.69) is 10.6 Å². The molecule has 4 heteroatoms. The minimum atomic E-state index is 0. The lowest BCUT2D eigenvalue weighted by Crippen LogP contribution is -2.38. The maximum Gasteiger partial charge on any atom is 0.220 e. The molecule has 0 spiro atoms. The fourth-order valence-electron chi connectivity index (χ4n) is 2.19. The van der Waals surface area contributed by atoms with Gasteiger partial charge in [0.25, 0.3) is 0 Å². The van der Waals surface area contributed by atoms with Crippen molar-refractivity contribution in [2.45, 2.75) is 38.5 Å². The molecule has 2 fully saturated rings. The summed E-state index contributed by atoms with van der Waals surface area (Å²) in [5.74, 6) is 1.78. The molecule has 3 nitrogen and oxygen atoms in total. The number of halogens is 1. The second-order valence-corrected chi connectivity index (χ2v) is 5.00. The summed E-state index contributed by atoms with van der Waals surface area (Å²) >= 11 is 0. The van der Waals surface area contributed by atoms with Crippen LogP contribution in [0.3, 0.4) is 0 Å². The van der Waals surface area contributed by atoms with Gasteiger partial charge in [0, 0.05) is 13.0 Å². The molecule has 1 aliphatic carbocycles. The number of carbonyl (C=O) groups is 1. The van der Waals surface area contributed by atoms with E-state index >= 15 is 0 Å². The van der Waals surface area contributed by atoms with Crippen LogP contribution in [0.2, 0.25) is 0 Å². The Morgan fingerprint density at radius 3 is 2.69 bits per heavy atom. The van der Waals surface area contributed by atoms with Crippen LogP contribution in [0.4, 0.5) is 0 Å². The number of nitrogens with one attached hydrogen (secondary N) is 2. The van der Waals surface area contributed by atoms with Gasteiger partial charge in [0.2, 0.25) is 5.91 Å². The molecule has 1 saturated carbocycles. The molecule has 0 radical (unpaired) electrons. The van der Waals surface area contributed by atoms with E-state index in [1.165, 1.54) is 25.7 Å². The first-order valence-electron chi connectivity index (χ1n) is 6.32. The predicted molar refractivity (Wildman–Crippen MR) is 67.8 cm³/mol. The van der Waals surface area contributed by atoms with Crippen molar-refractivity contribution in [2.24, 2.45) is 11.8 Å². The average Bonchev–Trinajstić information content (AvgIpc) is 3.09. The summed E-state index contributed by atoms with van der Waals surface area (Å²) in [6, 6.07) is 0. The zero-order chi connectivity index (χ0) is 10.5. The first-order valence-corrected chi connectivity index (χ1v) is 6.32. The van der Waals surface area contributed by atoms with Crippen molar-refractivity contribution in [2.75, 3.05) is 19.6 Å². The molecule has 1 amide bonds. The minimum Gasteiger partial charge on any atom is -0.356 e. The number of rotatable bonds is 5. The van der Waals surface area contributed by atoms with Gasteiger partial charge in [0.05, 0.1) is 0 Å². The van der Waals surface area contributed by atoms with Crippen molar-refractivity contribution in [3.8, 4) is 0 Å². The lowest BCUT2D eigenvalue weighted by molar-refractivity contribution is -0.121. The highest BCUT2D eigenvalue weighted by Crippen LogP contribution is 2.33. The summed E-state index contributed by atoms with van der Waals surface area (Å²) in [7, 11) is 0. The number of hydrogen-bond acceptors (Lipinski definition) is 2. The summed E-state index contributed by atoms with van der Waals surface area (Å²) in [4.78, 5) is 11.5. The summed E-state index contributed by atoms with van der Waals surface area (Å²) in [6.45, 7) is 3.09. The fraction of sp³-hybridized carbons (Fsp3) is 0.917. The van der Waals surface area contributed by atoms with Crippen LogP contribution in [0.5, 0.6) is 0 Å². The van der Waals surface area contributed by atoms with Crippen molar-refractivity contribution in [3.63, 3.8) is 0 Å². The van der Waals surface area contributed by atoms with Gasteiger partial charge in [0.1, 0.15) is 0 Å². The van der Waals surface area contributed by atoms with Gasteiger partial charge < -0.3 is 10.6 Å². The lowest BCUT2D eigenvalue weighted by atomic mass is 10.00. The summed E-state index contributed by atoms with van der Waals surface area (Å²) in [6.07, 6.45) is 7.05. The Balaban J connectivity index is 0.00000128. The van der Waals surface area contributed by atoms with Gasteiger partial charge in [-0.25, -0.2) is 0 Å². The minimum absolute atomic E-state index is 0. The maximum absolute atomic E-state index is 11.5. The van der Waals surface area contributed by atoms with E-state index in [4.69, 9.17) is 0 Å². The highest BCUT2D eigenvalue weighted by molar-refractivity contribution is 5.85. The summed E-state index contributed by atoms with van der Waals surface area (Å²) in [5, 5.41) is 6.42. The normalized spacial score (nSPS) is 24.6. The Hall–Kier alpha value is -0.280. The molecule has 2 aliphatic rings. The Morgan fingerprint density at radius 1 is 1.25 bits per heavy atom. The van der Waals surface area contributed by atoms with Gasteiger partial charge in [-0.2, -0.15) is 0 Å².